The van der Waals surface area contributed by atoms with Crippen LogP contribution in [0.3, 0.4) is 0 Å². The summed E-state index contributed by atoms with van der Waals surface area (Å²) in [4.78, 5) is 12.7. The van der Waals surface area contributed by atoms with Gasteiger partial charge in [0.1, 0.15) is 12.3 Å². The summed E-state index contributed by atoms with van der Waals surface area (Å²) >= 11 is 0. The first-order chi connectivity index (χ1) is 13.7. The number of carbonyl (C=O) groups is 1. The van der Waals surface area contributed by atoms with E-state index >= 15 is 0 Å². The molecule has 6 nitrogen and oxygen atoms in total. The topological polar surface area (TPSA) is 57.4 Å². The summed E-state index contributed by atoms with van der Waals surface area (Å²) in [7, 11) is 3.34. The number of hydrogen-bond acceptors (Lipinski definition) is 3. The van der Waals surface area contributed by atoms with Crippen LogP contribution in [0.15, 0.2) is 60.9 Å². The minimum absolute atomic E-state index is 0.0718. The molecule has 0 atom stereocenters. The van der Waals surface area contributed by atoms with Gasteiger partial charge in [0.2, 0.25) is 5.91 Å². The van der Waals surface area contributed by atoms with Crippen LogP contribution < -0.4 is 10.1 Å². The lowest BCUT2D eigenvalue weighted by Gasteiger charge is -2.10. The predicted molar refractivity (Wildman–Crippen MR) is 111 cm³/mol. The molecule has 2 heterocycles. The quantitative estimate of drug-likeness (QED) is 0.532. The Morgan fingerprint density at radius 3 is 2.43 bits per heavy atom. The lowest BCUT2D eigenvalue weighted by Crippen LogP contribution is -2.18. The minimum atomic E-state index is -0.0718. The third-order valence-corrected chi connectivity index (χ3v) is 4.93. The molecular weight excluding hydrogens is 354 g/mol. The van der Waals surface area contributed by atoms with Crippen LogP contribution in [0.2, 0.25) is 0 Å². The maximum absolute atomic E-state index is 12.7. The summed E-state index contributed by atoms with van der Waals surface area (Å²) in [5, 5.41) is 5.07. The van der Waals surface area contributed by atoms with Crippen LogP contribution in [-0.2, 0) is 22.6 Å². The van der Waals surface area contributed by atoms with Crippen molar-refractivity contribution in [2.45, 2.75) is 13.1 Å². The Labute approximate surface area is 163 Å². The van der Waals surface area contributed by atoms with Gasteiger partial charge in [0.05, 0.1) is 30.4 Å². The van der Waals surface area contributed by atoms with Crippen molar-refractivity contribution >= 4 is 33.4 Å². The molecule has 1 N–H and O–H groups in total. The Morgan fingerprint density at radius 2 is 1.64 bits per heavy atom. The van der Waals surface area contributed by atoms with Crippen LogP contribution in [0.1, 0.15) is 0 Å². The normalized spacial score (nSPS) is 11.2. The molecule has 0 spiro atoms. The van der Waals surface area contributed by atoms with Crippen LogP contribution >= 0.6 is 0 Å². The number of aromatic nitrogens is 2. The van der Waals surface area contributed by atoms with Crippen molar-refractivity contribution in [1.29, 1.82) is 0 Å². The number of nitrogens with one attached hydrogen (secondary N) is 1. The van der Waals surface area contributed by atoms with E-state index in [9.17, 15) is 4.79 Å². The number of nitrogens with zero attached hydrogens (tertiary/aromatic N) is 2. The van der Waals surface area contributed by atoms with Crippen LogP contribution in [0.4, 0.5) is 5.69 Å². The third-order valence-electron chi connectivity index (χ3n) is 4.93. The highest BCUT2D eigenvalue weighted by molar-refractivity contribution is 6.01. The van der Waals surface area contributed by atoms with Crippen molar-refractivity contribution in [3.63, 3.8) is 0 Å². The van der Waals surface area contributed by atoms with Gasteiger partial charge >= 0.3 is 0 Å². The summed E-state index contributed by atoms with van der Waals surface area (Å²) < 4.78 is 14.6. The van der Waals surface area contributed by atoms with E-state index in [1.54, 1.807) is 14.2 Å². The van der Waals surface area contributed by atoms with E-state index in [4.69, 9.17) is 9.47 Å². The van der Waals surface area contributed by atoms with Gasteiger partial charge in [0.25, 0.3) is 0 Å². The molecule has 0 aliphatic rings. The SMILES string of the molecule is COCCn1ccc2c(NC(=O)Cn3ccc4c(OC)cccc43)cccc21. The predicted octanol–water partition coefficient (Wildman–Crippen LogP) is 3.89. The number of anilines is 1. The maximum atomic E-state index is 12.7. The molecule has 2 aromatic heterocycles. The highest BCUT2D eigenvalue weighted by Crippen LogP contribution is 2.27. The maximum Gasteiger partial charge on any atom is 0.244 e. The molecule has 0 aliphatic heterocycles. The van der Waals surface area contributed by atoms with E-state index in [1.807, 2.05) is 65.5 Å². The number of hydrogen-bond donors (Lipinski definition) is 1. The van der Waals surface area contributed by atoms with E-state index < -0.39 is 0 Å². The van der Waals surface area contributed by atoms with Crippen molar-refractivity contribution in [2.75, 3.05) is 26.1 Å². The lowest BCUT2D eigenvalue weighted by molar-refractivity contribution is -0.116. The number of rotatable bonds is 7. The van der Waals surface area contributed by atoms with Crippen LogP contribution in [0.5, 0.6) is 5.75 Å². The number of amides is 1. The largest absolute Gasteiger partial charge is 0.496 e. The summed E-state index contributed by atoms with van der Waals surface area (Å²) in [5.41, 5.74) is 2.86. The van der Waals surface area contributed by atoms with E-state index in [-0.39, 0.29) is 12.5 Å². The molecule has 144 valence electrons. The Kier molecular flexibility index (Phi) is 5.04. The third kappa shape index (κ3) is 3.34. The van der Waals surface area contributed by atoms with Crippen molar-refractivity contribution in [3.8, 4) is 5.75 Å². The first-order valence-electron chi connectivity index (χ1n) is 9.20. The van der Waals surface area contributed by atoms with E-state index in [1.165, 1.54) is 0 Å². The molecule has 6 heteroatoms. The molecular formula is C22H23N3O3. The van der Waals surface area contributed by atoms with Crippen LogP contribution in [-0.4, -0.2) is 35.9 Å². The summed E-state index contributed by atoms with van der Waals surface area (Å²) in [6.45, 7) is 1.65. The molecule has 28 heavy (non-hydrogen) atoms. The second-order valence-corrected chi connectivity index (χ2v) is 6.63. The van der Waals surface area contributed by atoms with Gasteiger partial charge in [-0.3, -0.25) is 4.79 Å². The molecule has 0 saturated heterocycles. The standard InChI is InChI=1S/C22H23N3O3/c1-27-14-13-24-11-9-16-18(5-3-6-19(16)24)23-22(26)15-25-12-10-17-20(25)7-4-8-21(17)28-2/h3-12H,13-15H2,1-2H3,(H,23,26). The van der Waals surface area contributed by atoms with Gasteiger partial charge in [0.15, 0.2) is 0 Å². The number of ether oxygens (including phenoxy) is 2. The highest BCUT2D eigenvalue weighted by atomic mass is 16.5. The molecule has 0 saturated carbocycles. The Hall–Kier alpha value is -3.25. The van der Waals surface area contributed by atoms with Gasteiger partial charge in [-0.25, -0.2) is 0 Å². The van der Waals surface area contributed by atoms with Gasteiger partial charge in [-0.15, -0.1) is 0 Å². The number of methoxy groups -OCH3 is 2. The van der Waals surface area contributed by atoms with Crippen molar-refractivity contribution < 1.29 is 14.3 Å². The zero-order valence-electron chi connectivity index (χ0n) is 16.0. The molecule has 0 radical (unpaired) electrons. The lowest BCUT2D eigenvalue weighted by atomic mass is 10.2. The molecule has 1 amide bonds. The molecule has 4 aromatic rings. The first-order valence-corrected chi connectivity index (χ1v) is 9.20. The molecule has 0 fully saturated rings. The molecule has 4 rings (SSSR count). The monoisotopic (exact) mass is 377 g/mol. The zero-order valence-corrected chi connectivity index (χ0v) is 16.0. The van der Waals surface area contributed by atoms with Gasteiger partial charge in [-0.1, -0.05) is 12.1 Å². The van der Waals surface area contributed by atoms with E-state index in [2.05, 4.69) is 9.88 Å². The minimum Gasteiger partial charge on any atom is -0.496 e. The fourth-order valence-corrected chi connectivity index (χ4v) is 3.57. The van der Waals surface area contributed by atoms with Gasteiger partial charge < -0.3 is 23.9 Å². The molecule has 0 bridgehead atoms. The number of benzene rings is 2. The summed E-state index contributed by atoms with van der Waals surface area (Å²) in [6, 6.07) is 15.8. The second-order valence-electron chi connectivity index (χ2n) is 6.63. The Balaban J connectivity index is 1.55. The van der Waals surface area contributed by atoms with Gasteiger partial charge in [-0.05, 0) is 36.4 Å². The van der Waals surface area contributed by atoms with Crippen molar-refractivity contribution in [2.24, 2.45) is 0 Å². The molecule has 2 aromatic carbocycles. The fourth-order valence-electron chi connectivity index (χ4n) is 3.57. The first kappa shape index (κ1) is 18.1. The summed E-state index contributed by atoms with van der Waals surface area (Å²) in [5.74, 6) is 0.733. The highest BCUT2D eigenvalue weighted by Gasteiger charge is 2.11. The number of fused-ring (bicyclic) bond motifs is 2. The van der Waals surface area contributed by atoms with Crippen LogP contribution in [0.25, 0.3) is 21.8 Å². The average Bonchev–Trinajstić information content (AvgIpc) is 3.31. The zero-order chi connectivity index (χ0) is 19.5. The Bertz CT molecular complexity index is 1130. The fraction of sp³-hybridized carbons (Fsp3) is 0.227. The van der Waals surface area contributed by atoms with E-state index in [0.717, 1.165) is 39.8 Å². The Morgan fingerprint density at radius 1 is 0.929 bits per heavy atom. The van der Waals surface area contributed by atoms with Crippen molar-refractivity contribution in [1.82, 2.24) is 9.13 Å². The van der Waals surface area contributed by atoms with E-state index in [0.29, 0.717) is 6.61 Å². The van der Waals surface area contributed by atoms with Crippen molar-refractivity contribution in [3.05, 3.63) is 60.9 Å². The average molecular weight is 377 g/mol. The van der Waals surface area contributed by atoms with Gasteiger partial charge in [0, 0.05) is 36.8 Å². The van der Waals surface area contributed by atoms with Crippen LogP contribution in [0, 0.1) is 0 Å². The molecule has 0 unspecified atom stereocenters. The second kappa shape index (κ2) is 7.78. The van der Waals surface area contributed by atoms with Gasteiger partial charge in [-0.2, -0.15) is 0 Å². The molecule has 0 aliphatic carbocycles. The number of carbonyl (C=O) groups excluding carboxylic acids is 1. The smallest absolute Gasteiger partial charge is 0.244 e. The summed E-state index contributed by atoms with van der Waals surface area (Å²) in [6.07, 6.45) is 3.93.